The van der Waals surface area contributed by atoms with Gasteiger partial charge < -0.3 is 15.3 Å². The van der Waals surface area contributed by atoms with Gasteiger partial charge in [-0.05, 0) is 12.5 Å². The molecule has 8 nitrogen and oxygen atoms in total. The Balaban J connectivity index is 2.20. The van der Waals surface area contributed by atoms with Crippen molar-refractivity contribution in [1.29, 1.82) is 0 Å². The third-order valence-corrected chi connectivity index (χ3v) is 3.19. The van der Waals surface area contributed by atoms with E-state index in [0.717, 1.165) is 6.07 Å². The fourth-order valence-electron chi connectivity index (χ4n) is 2.05. The van der Waals surface area contributed by atoms with Gasteiger partial charge in [0.15, 0.2) is 0 Å². The van der Waals surface area contributed by atoms with Gasteiger partial charge in [0, 0.05) is 19.7 Å². The quantitative estimate of drug-likeness (QED) is 0.608. The number of aromatic hydroxyl groups is 1. The second kappa shape index (κ2) is 5.16. The summed E-state index contributed by atoms with van der Waals surface area (Å²) in [5, 5.41) is 22.9. The second-order valence-corrected chi connectivity index (χ2v) is 4.50. The molecule has 1 atom stereocenters. The molecule has 0 saturated carbocycles. The number of carbonyl (C=O) groups is 2. The van der Waals surface area contributed by atoms with Crippen LogP contribution in [-0.2, 0) is 4.79 Å². The Labute approximate surface area is 114 Å². The van der Waals surface area contributed by atoms with Crippen molar-refractivity contribution in [2.24, 2.45) is 0 Å². The Kier molecular flexibility index (Phi) is 3.55. The zero-order valence-electron chi connectivity index (χ0n) is 10.7. The lowest BCUT2D eigenvalue weighted by Crippen LogP contribution is -2.40. The van der Waals surface area contributed by atoms with Crippen LogP contribution in [0.4, 0.5) is 5.69 Å². The van der Waals surface area contributed by atoms with Gasteiger partial charge in [-0.25, -0.2) is 0 Å². The molecule has 20 heavy (non-hydrogen) atoms. The largest absolute Gasteiger partial charge is 0.502 e. The van der Waals surface area contributed by atoms with E-state index in [9.17, 15) is 24.8 Å². The van der Waals surface area contributed by atoms with Crippen LogP contribution >= 0.6 is 0 Å². The van der Waals surface area contributed by atoms with Gasteiger partial charge in [-0.15, -0.1) is 0 Å². The molecule has 1 saturated heterocycles. The van der Waals surface area contributed by atoms with E-state index >= 15 is 0 Å². The van der Waals surface area contributed by atoms with E-state index in [1.165, 1.54) is 17.0 Å². The molecule has 1 aromatic rings. The maximum Gasteiger partial charge on any atom is 0.311 e. The Morgan fingerprint density at radius 3 is 2.80 bits per heavy atom. The fraction of sp³-hybridized carbons (Fsp3) is 0.333. The molecule has 2 amide bonds. The third-order valence-electron chi connectivity index (χ3n) is 3.19. The highest BCUT2D eigenvalue weighted by Crippen LogP contribution is 2.29. The van der Waals surface area contributed by atoms with Crippen molar-refractivity contribution in [2.45, 2.75) is 12.5 Å². The predicted octanol–water partition coefficient (Wildman–Crippen LogP) is 0.261. The van der Waals surface area contributed by atoms with Crippen LogP contribution in [0.3, 0.4) is 0 Å². The number of nitrogens with one attached hydrogen (secondary N) is 1. The minimum absolute atomic E-state index is 0.219. The molecule has 1 aliphatic heterocycles. The Morgan fingerprint density at radius 2 is 2.25 bits per heavy atom. The highest BCUT2D eigenvalue weighted by Gasteiger charge is 2.31. The van der Waals surface area contributed by atoms with Crippen molar-refractivity contribution >= 4 is 17.5 Å². The number of nitrogens with zero attached hydrogens (tertiary/aromatic N) is 2. The topological polar surface area (TPSA) is 113 Å². The van der Waals surface area contributed by atoms with Crippen LogP contribution in [-0.4, -0.2) is 46.4 Å². The van der Waals surface area contributed by atoms with E-state index in [2.05, 4.69) is 5.32 Å². The van der Waals surface area contributed by atoms with E-state index in [4.69, 9.17) is 0 Å². The predicted molar refractivity (Wildman–Crippen MR) is 68.3 cm³/mol. The zero-order valence-corrected chi connectivity index (χ0v) is 10.7. The van der Waals surface area contributed by atoms with Crippen molar-refractivity contribution in [3.8, 4) is 5.75 Å². The molecular weight excluding hydrogens is 266 g/mol. The van der Waals surface area contributed by atoms with E-state index in [-0.39, 0.29) is 11.5 Å². The maximum absolute atomic E-state index is 12.0. The van der Waals surface area contributed by atoms with E-state index in [1.807, 2.05) is 0 Å². The molecule has 1 aliphatic rings. The normalized spacial score (nSPS) is 18.1. The summed E-state index contributed by atoms with van der Waals surface area (Å²) in [6, 6.07) is 3.00. The molecular formula is C12H13N3O5. The van der Waals surface area contributed by atoms with Crippen LogP contribution in [0, 0.1) is 10.1 Å². The number of phenols is 1. The third kappa shape index (κ3) is 2.40. The molecule has 106 valence electrons. The number of phenolic OH excluding ortho intramolecular Hbond substituents is 1. The number of nitro groups is 1. The first kappa shape index (κ1) is 13.8. The van der Waals surface area contributed by atoms with Crippen LogP contribution in [0.2, 0.25) is 0 Å². The smallest absolute Gasteiger partial charge is 0.311 e. The van der Waals surface area contributed by atoms with Gasteiger partial charge in [0.1, 0.15) is 6.04 Å². The van der Waals surface area contributed by atoms with Crippen molar-refractivity contribution in [3.05, 3.63) is 33.9 Å². The molecule has 1 fully saturated rings. The first-order valence-corrected chi connectivity index (χ1v) is 5.94. The van der Waals surface area contributed by atoms with Crippen molar-refractivity contribution in [3.63, 3.8) is 0 Å². The second-order valence-electron chi connectivity index (χ2n) is 4.50. The molecule has 0 aromatic heterocycles. The van der Waals surface area contributed by atoms with Gasteiger partial charge in [-0.3, -0.25) is 19.7 Å². The zero-order chi connectivity index (χ0) is 14.9. The first-order chi connectivity index (χ1) is 9.41. The molecule has 1 aromatic carbocycles. The number of para-hydroxylation sites is 1. The molecule has 2 rings (SSSR count). The lowest BCUT2D eigenvalue weighted by molar-refractivity contribution is -0.385. The standard InChI is InChI=1S/C12H13N3O5/c1-14-6-5-8(12(14)18)13-11(17)7-3-2-4-9(10(7)16)15(19)20/h2-4,8,16H,5-6H2,1H3,(H,13,17). The highest BCUT2D eigenvalue weighted by molar-refractivity contribution is 6.00. The monoisotopic (exact) mass is 279 g/mol. The van der Waals surface area contributed by atoms with Crippen LogP contribution in [0.15, 0.2) is 18.2 Å². The highest BCUT2D eigenvalue weighted by atomic mass is 16.6. The number of likely N-dealkylation sites (N-methyl/N-ethyl adjacent to an activating group) is 1. The van der Waals surface area contributed by atoms with Crippen molar-refractivity contribution in [2.75, 3.05) is 13.6 Å². The number of likely N-dealkylation sites (tertiary alicyclic amines) is 1. The van der Waals surface area contributed by atoms with Gasteiger partial charge in [0.2, 0.25) is 11.7 Å². The summed E-state index contributed by atoms with van der Waals surface area (Å²) >= 11 is 0. The maximum atomic E-state index is 12.0. The van der Waals surface area contributed by atoms with Crippen LogP contribution in [0.1, 0.15) is 16.8 Å². The lowest BCUT2D eigenvalue weighted by Gasteiger charge is -2.12. The first-order valence-electron chi connectivity index (χ1n) is 5.94. The van der Waals surface area contributed by atoms with Crippen LogP contribution < -0.4 is 5.32 Å². The Hall–Kier alpha value is -2.64. The van der Waals surface area contributed by atoms with Gasteiger partial charge in [0.05, 0.1) is 10.5 Å². The number of benzene rings is 1. The Morgan fingerprint density at radius 1 is 1.55 bits per heavy atom. The number of hydrogen-bond donors (Lipinski definition) is 2. The number of rotatable bonds is 3. The summed E-state index contributed by atoms with van der Waals surface area (Å²) in [5.41, 5.74) is -0.769. The summed E-state index contributed by atoms with van der Waals surface area (Å²) in [5.74, 6) is -1.63. The summed E-state index contributed by atoms with van der Waals surface area (Å²) in [4.78, 5) is 35.1. The minimum Gasteiger partial charge on any atom is -0.502 e. The van der Waals surface area contributed by atoms with E-state index in [1.54, 1.807) is 7.05 Å². The number of amides is 2. The summed E-state index contributed by atoms with van der Waals surface area (Å²) < 4.78 is 0. The van der Waals surface area contributed by atoms with Gasteiger partial charge in [-0.1, -0.05) is 6.07 Å². The molecule has 0 aliphatic carbocycles. The molecule has 1 unspecified atom stereocenters. The molecule has 0 spiro atoms. The molecule has 1 heterocycles. The molecule has 2 N–H and O–H groups in total. The molecule has 0 bridgehead atoms. The summed E-state index contributed by atoms with van der Waals surface area (Å²) in [6.45, 7) is 0.532. The Bertz CT molecular complexity index is 586. The fourth-order valence-corrected chi connectivity index (χ4v) is 2.05. The van der Waals surface area contributed by atoms with Gasteiger partial charge in [-0.2, -0.15) is 0 Å². The average Bonchev–Trinajstić information content (AvgIpc) is 2.70. The van der Waals surface area contributed by atoms with E-state index in [0.29, 0.717) is 13.0 Å². The number of carbonyl (C=O) groups excluding carboxylic acids is 2. The van der Waals surface area contributed by atoms with Gasteiger partial charge in [0.25, 0.3) is 5.91 Å². The summed E-state index contributed by atoms with van der Waals surface area (Å²) in [6.07, 6.45) is 0.469. The summed E-state index contributed by atoms with van der Waals surface area (Å²) in [7, 11) is 1.62. The molecule has 8 heteroatoms. The SMILES string of the molecule is CN1CCC(NC(=O)c2cccc([N+](=O)[O-])c2O)C1=O. The van der Waals surface area contributed by atoms with Crippen molar-refractivity contribution < 1.29 is 19.6 Å². The lowest BCUT2D eigenvalue weighted by atomic mass is 10.1. The average molecular weight is 279 g/mol. The minimum atomic E-state index is -0.777. The van der Waals surface area contributed by atoms with Gasteiger partial charge >= 0.3 is 5.69 Å². The number of nitro benzene ring substituents is 1. The number of hydrogen-bond acceptors (Lipinski definition) is 5. The van der Waals surface area contributed by atoms with Crippen molar-refractivity contribution in [1.82, 2.24) is 10.2 Å². The van der Waals surface area contributed by atoms with E-state index < -0.39 is 28.3 Å². The molecule has 0 radical (unpaired) electrons. The van der Waals surface area contributed by atoms with Crippen LogP contribution in [0.25, 0.3) is 0 Å². The van der Waals surface area contributed by atoms with Crippen LogP contribution in [0.5, 0.6) is 5.75 Å².